The Bertz CT molecular complexity index is 693. The summed E-state index contributed by atoms with van der Waals surface area (Å²) in [7, 11) is 0. The van der Waals surface area contributed by atoms with Crippen molar-refractivity contribution < 1.29 is 19.4 Å². The molecule has 1 atom stereocenters. The number of carbonyl (C=O) groups is 2. The Morgan fingerprint density at radius 3 is 2.54 bits per heavy atom. The van der Waals surface area contributed by atoms with Crippen LogP contribution in [0.15, 0.2) is 24.3 Å². The van der Waals surface area contributed by atoms with Crippen molar-refractivity contribution in [1.82, 2.24) is 9.80 Å². The van der Waals surface area contributed by atoms with Gasteiger partial charge in [0.2, 0.25) is 0 Å². The van der Waals surface area contributed by atoms with E-state index in [0.717, 1.165) is 58.5 Å². The molecule has 2 fully saturated rings. The number of fused-ring (bicyclic) bond motifs is 1. The molecule has 1 aliphatic carbocycles. The zero-order valence-corrected chi connectivity index (χ0v) is 15.0. The first-order chi connectivity index (χ1) is 12.6. The smallest absolute Gasteiger partial charge is 0.313 e. The second-order valence-electron chi connectivity index (χ2n) is 7.58. The lowest BCUT2D eigenvalue weighted by Crippen LogP contribution is -2.60. The molecule has 1 unspecified atom stereocenters. The monoisotopic (exact) mass is 358 g/mol. The molecule has 0 bridgehead atoms. The van der Waals surface area contributed by atoms with Crippen LogP contribution in [-0.4, -0.2) is 71.7 Å². The van der Waals surface area contributed by atoms with Crippen molar-refractivity contribution in [3.63, 3.8) is 0 Å². The topological polar surface area (TPSA) is 70.1 Å². The molecule has 1 saturated carbocycles. The van der Waals surface area contributed by atoms with Gasteiger partial charge in [-0.3, -0.25) is 14.5 Å². The zero-order chi connectivity index (χ0) is 18.1. The average Bonchev–Trinajstić information content (AvgIpc) is 3.12. The van der Waals surface area contributed by atoms with E-state index < -0.39 is 17.4 Å². The Morgan fingerprint density at radius 1 is 1.15 bits per heavy atom. The van der Waals surface area contributed by atoms with E-state index >= 15 is 0 Å². The number of aliphatic carboxylic acids is 1. The van der Waals surface area contributed by atoms with Crippen LogP contribution in [0.2, 0.25) is 0 Å². The van der Waals surface area contributed by atoms with E-state index in [1.165, 1.54) is 0 Å². The lowest BCUT2D eigenvalue weighted by molar-refractivity contribution is -0.143. The fraction of sp³-hybridized carbons (Fsp3) is 0.600. The van der Waals surface area contributed by atoms with Crippen molar-refractivity contribution in [2.45, 2.75) is 37.1 Å². The van der Waals surface area contributed by atoms with Crippen molar-refractivity contribution in [2.24, 2.45) is 0 Å². The Balaban J connectivity index is 1.69. The predicted molar refractivity (Wildman–Crippen MR) is 96.3 cm³/mol. The van der Waals surface area contributed by atoms with Gasteiger partial charge in [0.05, 0.1) is 18.8 Å². The van der Waals surface area contributed by atoms with Gasteiger partial charge < -0.3 is 14.7 Å². The maximum atomic E-state index is 13.3. The molecular weight excluding hydrogens is 332 g/mol. The highest BCUT2D eigenvalue weighted by atomic mass is 16.5. The van der Waals surface area contributed by atoms with Gasteiger partial charge in [0.1, 0.15) is 5.92 Å². The maximum Gasteiger partial charge on any atom is 0.313 e. The second-order valence-corrected chi connectivity index (χ2v) is 7.58. The van der Waals surface area contributed by atoms with Crippen LogP contribution in [0.5, 0.6) is 0 Å². The SMILES string of the molecule is O=C(O)C1c2ccccc2C(=O)N(CCN2CCOCC2)C12CCCC2. The van der Waals surface area contributed by atoms with Crippen LogP contribution in [0.3, 0.4) is 0 Å². The van der Waals surface area contributed by atoms with Gasteiger partial charge in [-0.2, -0.15) is 0 Å². The highest BCUT2D eigenvalue weighted by Crippen LogP contribution is 2.50. The molecule has 1 N–H and O–H groups in total. The molecule has 0 aromatic heterocycles. The quantitative estimate of drug-likeness (QED) is 0.891. The Labute approximate surface area is 153 Å². The lowest BCUT2D eigenvalue weighted by Gasteiger charge is -2.49. The number of ether oxygens (including phenoxy) is 1. The van der Waals surface area contributed by atoms with Gasteiger partial charge in [-0.1, -0.05) is 31.0 Å². The Morgan fingerprint density at radius 2 is 1.85 bits per heavy atom. The normalized spacial score (nSPS) is 25.5. The first-order valence-corrected chi connectivity index (χ1v) is 9.57. The van der Waals surface area contributed by atoms with Gasteiger partial charge >= 0.3 is 5.97 Å². The summed E-state index contributed by atoms with van der Waals surface area (Å²) >= 11 is 0. The first-order valence-electron chi connectivity index (χ1n) is 9.57. The van der Waals surface area contributed by atoms with Crippen LogP contribution >= 0.6 is 0 Å². The number of benzene rings is 1. The minimum atomic E-state index is -0.816. The highest BCUT2D eigenvalue weighted by molar-refractivity contribution is 6.01. The third kappa shape index (κ3) is 2.81. The number of hydrogen-bond donors (Lipinski definition) is 1. The summed E-state index contributed by atoms with van der Waals surface area (Å²) in [6.07, 6.45) is 3.50. The number of carboxylic acid groups (broad SMARTS) is 1. The molecule has 1 saturated heterocycles. The van der Waals surface area contributed by atoms with Crippen molar-refractivity contribution in [3.05, 3.63) is 35.4 Å². The van der Waals surface area contributed by atoms with E-state index in [2.05, 4.69) is 4.90 Å². The molecule has 6 nitrogen and oxygen atoms in total. The van der Waals surface area contributed by atoms with Crippen molar-refractivity contribution in [1.29, 1.82) is 0 Å². The van der Waals surface area contributed by atoms with Crippen LogP contribution in [0, 0.1) is 0 Å². The van der Waals surface area contributed by atoms with Gasteiger partial charge in [0.15, 0.2) is 0 Å². The largest absolute Gasteiger partial charge is 0.481 e. The van der Waals surface area contributed by atoms with E-state index in [0.29, 0.717) is 17.7 Å². The number of hydrogen-bond acceptors (Lipinski definition) is 4. The molecule has 1 aromatic rings. The summed E-state index contributed by atoms with van der Waals surface area (Å²) in [6, 6.07) is 7.26. The summed E-state index contributed by atoms with van der Waals surface area (Å²) in [5.74, 6) is -1.46. The van der Waals surface area contributed by atoms with Crippen molar-refractivity contribution in [2.75, 3.05) is 39.4 Å². The number of rotatable bonds is 4. The minimum absolute atomic E-state index is 0.00624. The van der Waals surface area contributed by atoms with E-state index in [-0.39, 0.29) is 5.91 Å². The summed E-state index contributed by atoms with van der Waals surface area (Å²) in [6.45, 7) is 4.53. The Hall–Kier alpha value is -1.92. The fourth-order valence-corrected chi connectivity index (χ4v) is 5.04. The lowest BCUT2D eigenvalue weighted by atomic mass is 9.71. The third-order valence-corrected chi connectivity index (χ3v) is 6.28. The van der Waals surface area contributed by atoms with Gasteiger partial charge in [-0.05, 0) is 24.5 Å². The molecule has 1 aromatic carbocycles. The van der Waals surface area contributed by atoms with Crippen LogP contribution < -0.4 is 0 Å². The number of carboxylic acids is 1. The summed E-state index contributed by atoms with van der Waals surface area (Å²) < 4.78 is 5.40. The molecule has 26 heavy (non-hydrogen) atoms. The standard InChI is InChI=1S/C20H26N2O4/c23-18-16-6-2-1-5-15(16)17(19(24)25)20(7-3-4-8-20)22(18)10-9-21-11-13-26-14-12-21/h1-2,5-6,17H,3-4,7-14H2,(H,24,25). The molecule has 2 aliphatic heterocycles. The first kappa shape index (κ1) is 17.5. The van der Waals surface area contributed by atoms with Crippen LogP contribution in [0.4, 0.5) is 0 Å². The second kappa shape index (κ2) is 7.00. The van der Waals surface area contributed by atoms with E-state index in [9.17, 15) is 14.7 Å². The van der Waals surface area contributed by atoms with Gasteiger partial charge in [-0.15, -0.1) is 0 Å². The third-order valence-electron chi connectivity index (χ3n) is 6.28. The zero-order valence-electron chi connectivity index (χ0n) is 15.0. The molecular formula is C20H26N2O4. The molecule has 1 amide bonds. The van der Waals surface area contributed by atoms with Crippen LogP contribution in [0.25, 0.3) is 0 Å². The predicted octanol–water partition coefficient (Wildman–Crippen LogP) is 1.96. The summed E-state index contributed by atoms with van der Waals surface area (Å²) in [4.78, 5) is 29.8. The molecule has 1 spiro atoms. The summed E-state index contributed by atoms with van der Waals surface area (Å²) in [5, 5.41) is 10.1. The van der Waals surface area contributed by atoms with Gasteiger partial charge in [-0.25, -0.2) is 0 Å². The van der Waals surface area contributed by atoms with Crippen molar-refractivity contribution in [3.8, 4) is 0 Å². The van der Waals surface area contributed by atoms with E-state index in [4.69, 9.17) is 4.74 Å². The molecule has 2 heterocycles. The van der Waals surface area contributed by atoms with E-state index in [1.54, 1.807) is 6.07 Å². The number of morpholine rings is 1. The van der Waals surface area contributed by atoms with Crippen LogP contribution in [0.1, 0.15) is 47.5 Å². The van der Waals surface area contributed by atoms with Crippen molar-refractivity contribution >= 4 is 11.9 Å². The summed E-state index contributed by atoms with van der Waals surface area (Å²) in [5.41, 5.74) is 0.665. The van der Waals surface area contributed by atoms with Gasteiger partial charge in [0.25, 0.3) is 5.91 Å². The van der Waals surface area contributed by atoms with Gasteiger partial charge in [0, 0.05) is 31.7 Å². The highest BCUT2D eigenvalue weighted by Gasteiger charge is 2.55. The molecule has 3 aliphatic rings. The average molecular weight is 358 g/mol. The molecule has 0 radical (unpaired) electrons. The fourth-order valence-electron chi connectivity index (χ4n) is 5.04. The number of nitrogens with zero attached hydrogens (tertiary/aromatic N) is 2. The van der Waals surface area contributed by atoms with Crippen LogP contribution in [-0.2, 0) is 9.53 Å². The van der Waals surface area contributed by atoms with E-state index in [1.807, 2.05) is 23.1 Å². The minimum Gasteiger partial charge on any atom is -0.481 e. The molecule has 6 heteroatoms. The maximum absolute atomic E-state index is 13.3. The molecule has 140 valence electrons. The number of carbonyl (C=O) groups excluding carboxylic acids is 1. The molecule has 4 rings (SSSR count). The number of amides is 1. The Kier molecular flexibility index (Phi) is 4.71.